The Morgan fingerprint density at radius 1 is 1.08 bits per heavy atom. The van der Waals surface area contributed by atoms with E-state index in [4.69, 9.17) is 21.1 Å². The molecule has 0 aliphatic rings. The van der Waals surface area contributed by atoms with Crippen LogP contribution in [-0.2, 0) is 0 Å². The molecule has 3 rings (SSSR count). The van der Waals surface area contributed by atoms with Crippen LogP contribution in [0.5, 0.6) is 11.5 Å². The number of pyridine rings is 1. The number of anilines is 1. The molecular weight excluding hydrogens is 344 g/mol. The van der Waals surface area contributed by atoms with E-state index >= 15 is 0 Å². The maximum atomic E-state index is 12.5. The fourth-order valence-electron chi connectivity index (χ4n) is 2.42. The second kappa shape index (κ2) is 6.86. The molecule has 0 bridgehead atoms. The van der Waals surface area contributed by atoms with Crippen LogP contribution in [-0.4, -0.2) is 25.1 Å². The molecule has 0 spiro atoms. The summed E-state index contributed by atoms with van der Waals surface area (Å²) in [5, 5.41) is 3.70. The molecule has 6 nitrogen and oxygen atoms in total. The number of aromatic amines is 1. The van der Waals surface area contributed by atoms with E-state index in [9.17, 15) is 9.59 Å². The minimum absolute atomic E-state index is 0.00677. The number of fused-ring (bicyclic) bond motifs is 1. The van der Waals surface area contributed by atoms with Crippen molar-refractivity contribution in [1.29, 1.82) is 0 Å². The van der Waals surface area contributed by atoms with Crippen molar-refractivity contribution in [1.82, 2.24) is 4.98 Å². The summed E-state index contributed by atoms with van der Waals surface area (Å²) in [6.07, 6.45) is 0. The average molecular weight is 359 g/mol. The number of carbonyl (C=O) groups excluding carboxylic acids is 1. The van der Waals surface area contributed by atoms with Crippen LogP contribution >= 0.6 is 11.6 Å². The number of nitrogens with one attached hydrogen (secondary N) is 2. The summed E-state index contributed by atoms with van der Waals surface area (Å²) < 4.78 is 10.2. The van der Waals surface area contributed by atoms with E-state index in [1.807, 2.05) is 0 Å². The lowest BCUT2D eigenvalue weighted by molar-refractivity contribution is 0.102. The maximum absolute atomic E-state index is 12.5. The summed E-state index contributed by atoms with van der Waals surface area (Å²) in [5.74, 6) is 0.593. The Hall–Kier alpha value is -2.99. The smallest absolute Gasteiger partial charge is 0.261 e. The Labute approximate surface area is 148 Å². The van der Waals surface area contributed by atoms with Gasteiger partial charge in [0, 0.05) is 16.6 Å². The van der Waals surface area contributed by atoms with E-state index in [-0.39, 0.29) is 5.56 Å². The third kappa shape index (κ3) is 3.44. The zero-order chi connectivity index (χ0) is 18.0. The number of hydrogen-bond acceptors (Lipinski definition) is 4. The molecule has 0 aliphatic heterocycles. The standard InChI is InChI=1S/C18H15ClN2O4/c1-24-12-4-5-15-10(7-12)8-13(18(23)21-15)17(22)20-11-3-6-16(25-2)14(19)9-11/h3-9H,1-2H3,(H,20,22)(H,21,23). The molecule has 1 heterocycles. The normalized spacial score (nSPS) is 10.5. The molecule has 0 aliphatic carbocycles. The zero-order valence-corrected chi connectivity index (χ0v) is 14.3. The van der Waals surface area contributed by atoms with E-state index in [0.29, 0.717) is 33.1 Å². The van der Waals surface area contributed by atoms with Gasteiger partial charge in [-0.05, 0) is 42.5 Å². The number of rotatable bonds is 4. The van der Waals surface area contributed by atoms with Gasteiger partial charge < -0.3 is 19.8 Å². The van der Waals surface area contributed by atoms with Crippen molar-refractivity contribution in [3.8, 4) is 11.5 Å². The predicted molar refractivity (Wildman–Crippen MR) is 97.1 cm³/mol. The molecule has 0 saturated heterocycles. The van der Waals surface area contributed by atoms with Gasteiger partial charge in [-0.3, -0.25) is 9.59 Å². The second-order valence-corrected chi connectivity index (χ2v) is 5.68. The molecule has 7 heteroatoms. The van der Waals surface area contributed by atoms with Crippen LogP contribution < -0.4 is 20.3 Å². The molecule has 3 aromatic rings. The third-order valence-electron chi connectivity index (χ3n) is 3.71. The van der Waals surface area contributed by atoms with Crippen LogP contribution in [0.2, 0.25) is 5.02 Å². The van der Waals surface area contributed by atoms with E-state index in [1.165, 1.54) is 13.2 Å². The quantitative estimate of drug-likeness (QED) is 0.748. The highest BCUT2D eigenvalue weighted by molar-refractivity contribution is 6.32. The molecular formula is C18H15ClN2O4. The van der Waals surface area contributed by atoms with Gasteiger partial charge >= 0.3 is 0 Å². The molecule has 0 unspecified atom stereocenters. The van der Waals surface area contributed by atoms with E-state index in [2.05, 4.69) is 10.3 Å². The van der Waals surface area contributed by atoms with Crippen molar-refractivity contribution >= 4 is 34.1 Å². The van der Waals surface area contributed by atoms with E-state index in [0.717, 1.165) is 0 Å². The number of aromatic nitrogens is 1. The van der Waals surface area contributed by atoms with E-state index in [1.54, 1.807) is 43.5 Å². The largest absolute Gasteiger partial charge is 0.497 e. The molecule has 25 heavy (non-hydrogen) atoms. The molecule has 1 aromatic heterocycles. The Bertz CT molecular complexity index is 1010. The van der Waals surface area contributed by atoms with Crippen LogP contribution in [0.1, 0.15) is 10.4 Å². The monoisotopic (exact) mass is 358 g/mol. The van der Waals surface area contributed by atoms with Crippen LogP contribution in [0.4, 0.5) is 5.69 Å². The van der Waals surface area contributed by atoms with Crippen LogP contribution in [0.25, 0.3) is 10.9 Å². The molecule has 128 valence electrons. The van der Waals surface area contributed by atoms with Crippen LogP contribution in [0.15, 0.2) is 47.3 Å². The van der Waals surface area contributed by atoms with Crippen molar-refractivity contribution in [2.75, 3.05) is 19.5 Å². The maximum Gasteiger partial charge on any atom is 0.261 e. The molecule has 0 atom stereocenters. The lowest BCUT2D eigenvalue weighted by Crippen LogP contribution is -2.23. The summed E-state index contributed by atoms with van der Waals surface area (Å²) >= 11 is 6.04. The van der Waals surface area contributed by atoms with Crippen molar-refractivity contribution < 1.29 is 14.3 Å². The van der Waals surface area contributed by atoms with Crippen LogP contribution in [0.3, 0.4) is 0 Å². The molecule has 2 N–H and O–H groups in total. The summed E-state index contributed by atoms with van der Waals surface area (Å²) in [5.41, 5.74) is 0.596. The highest BCUT2D eigenvalue weighted by Crippen LogP contribution is 2.27. The second-order valence-electron chi connectivity index (χ2n) is 5.27. The van der Waals surface area contributed by atoms with Crippen molar-refractivity contribution in [3.05, 3.63) is 63.4 Å². The Morgan fingerprint density at radius 2 is 1.88 bits per heavy atom. The first-order chi connectivity index (χ1) is 12.0. The lowest BCUT2D eigenvalue weighted by Gasteiger charge is -2.09. The van der Waals surface area contributed by atoms with Crippen molar-refractivity contribution in [3.63, 3.8) is 0 Å². The van der Waals surface area contributed by atoms with Gasteiger partial charge in [-0.25, -0.2) is 0 Å². The van der Waals surface area contributed by atoms with Gasteiger partial charge in [0.2, 0.25) is 0 Å². The number of H-pyrrole nitrogens is 1. The van der Waals surface area contributed by atoms with Gasteiger partial charge in [0.15, 0.2) is 0 Å². The number of ether oxygens (including phenoxy) is 2. The van der Waals surface area contributed by atoms with Gasteiger partial charge in [0.05, 0.1) is 19.2 Å². The highest BCUT2D eigenvalue weighted by atomic mass is 35.5. The van der Waals surface area contributed by atoms with Crippen molar-refractivity contribution in [2.45, 2.75) is 0 Å². The lowest BCUT2D eigenvalue weighted by atomic mass is 10.1. The number of benzene rings is 2. The number of amides is 1. The first-order valence-electron chi connectivity index (χ1n) is 7.38. The SMILES string of the molecule is COc1ccc2[nH]c(=O)c(C(=O)Nc3ccc(OC)c(Cl)c3)cc2c1. The van der Waals surface area contributed by atoms with Crippen LogP contribution in [0, 0.1) is 0 Å². The van der Waals surface area contributed by atoms with Gasteiger partial charge in [0.25, 0.3) is 11.5 Å². The predicted octanol–water partition coefficient (Wildman–Crippen LogP) is 3.45. The van der Waals surface area contributed by atoms with E-state index < -0.39 is 11.5 Å². The third-order valence-corrected chi connectivity index (χ3v) is 4.00. The Balaban J connectivity index is 1.94. The minimum Gasteiger partial charge on any atom is -0.497 e. The first kappa shape index (κ1) is 16.9. The topological polar surface area (TPSA) is 80.4 Å². The van der Waals surface area contributed by atoms with Gasteiger partial charge in [-0.2, -0.15) is 0 Å². The first-order valence-corrected chi connectivity index (χ1v) is 7.75. The molecule has 0 radical (unpaired) electrons. The van der Waals surface area contributed by atoms with Crippen molar-refractivity contribution in [2.24, 2.45) is 0 Å². The van der Waals surface area contributed by atoms with Gasteiger partial charge in [-0.15, -0.1) is 0 Å². The number of methoxy groups -OCH3 is 2. The summed E-state index contributed by atoms with van der Waals surface area (Å²) in [7, 11) is 3.05. The molecule has 1 amide bonds. The molecule has 0 saturated carbocycles. The zero-order valence-electron chi connectivity index (χ0n) is 13.6. The summed E-state index contributed by atoms with van der Waals surface area (Å²) in [6, 6.07) is 11.5. The minimum atomic E-state index is -0.535. The number of hydrogen-bond donors (Lipinski definition) is 2. The highest BCUT2D eigenvalue weighted by Gasteiger charge is 2.13. The Kier molecular flexibility index (Phi) is 4.63. The summed E-state index contributed by atoms with van der Waals surface area (Å²) in [6.45, 7) is 0. The molecule has 2 aromatic carbocycles. The molecule has 0 fully saturated rings. The van der Waals surface area contributed by atoms with Gasteiger partial charge in [0.1, 0.15) is 17.1 Å². The fraction of sp³-hybridized carbons (Fsp3) is 0.111. The summed E-state index contributed by atoms with van der Waals surface area (Å²) in [4.78, 5) is 27.3. The number of carbonyl (C=O) groups is 1. The van der Waals surface area contributed by atoms with Gasteiger partial charge in [-0.1, -0.05) is 11.6 Å². The Morgan fingerprint density at radius 3 is 2.56 bits per heavy atom. The fourth-order valence-corrected chi connectivity index (χ4v) is 2.68. The number of halogens is 1. The average Bonchev–Trinajstić information content (AvgIpc) is 2.60.